The monoisotopic (exact) mass is 438 g/mol. The number of fused-ring (bicyclic) bond motifs is 3. The second-order valence-electron chi connectivity index (χ2n) is 8.18. The van der Waals surface area contributed by atoms with E-state index < -0.39 is 24.1 Å². The van der Waals surface area contributed by atoms with Crippen LogP contribution in [0.25, 0.3) is 11.1 Å². The van der Waals surface area contributed by atoms with Crippen LogP contribution >= 0.6 is 0 Å². The molecule has 0 aliphatic heterocycles. The van der Waals surface area contributed by atoms with Crippen LogP contribution in [0.4, 0.5) is 4.79 Å². The van der Waals surface area contributed by atoms with Gasteiger partial charge in [0.1, 0.15) is 12.6 Å². The van der Waals surface area contributed by atoms with E-state index in [1.807, 2.05) is 31.2 Å². The summed E-state index contributed by atoms with van der Waals surface area (Å²) in [5, 5.41) is 11.9. The lowest BCUT2D eigenvalue weighted by Gasteiger charge is -2.25. The van der Waals surface area contributed by atoms with Crippen LogP contribution in [0.1, 0.15) is 50.2 Å². The maximum Gasteiger partial charge on any atom is 0.407 e. The molecular formula is C25H30N2O5. The Kier molecular flexibility index (Phi) is 7.51. The van der Waals surface area contributed by atoms with E-state index in [2.05, 4.69) is 29.6 Å². The number of benzene rings is 2. The minimum absolute atomic E-state index is 0.0200. The van der Waals surface area contributed by atoms with Gasteiger partial charge in [-0.15, -0.1) is 0 Å². The lowest BCUT2D eigenvalue weighted by Crippen LogP contribution is -2.44. The van der Waals surface area contributed by atoms with E-state index in [0.29, 0.717) is 6.42 Å². The van der Waals surface area contributed by atoms with Gasteiger partial charge in [-0.1, -0.05) is 61.9 Å². The second-order valence-corrected chi connectivity index (χ2v) is 8.18. The molecule has 1 aliphatic rings. The van der Waals surface area contributed by atoms with Crippen molar-refractivity contribution in [2.75, 3.05) is 13.7 Å². The summed E-state index contributed by atoms with van der Waals surface area (Å²) in [4.78, 5) is 37.3. The number of carboxylic acid groups (broad SMARTS) is 1. The predicted molar refractivity (Wildman–Crippen MR) is 121 cm³/mol. The number of nitrogens with one attached hydrogen (secondary N) is 1. The number of alkyl carbamates (subject to hydrolysis) is 1. The number of carboxylic acids is 1. The van der Waals surface area contributed by atoms with Crippen molar-refractivity contribution in [3.63, 3.8) is 0 Å². The Morgan fingerprint density at radius 3 is 2.16 bits per heavy atom. The van der Waals surface area contributed by atoms with Crippen LogP contribution in [0.3, 0.4) is 0 Å². The van der Waals surface area contributed by atoms with Crippen LogP contribution in [-0.2, 0) is 14.3 Å². The largest absolute Gasteiger partial charge is 0.480 e. The highest BCUT2D eigenvalue weighted by Gasteiger charge is 2.30. The molecule has 0 spiro atoms. The van der Waals surface area contributed by atoms with Crippen LogP contribution in [0.2, 0.25) is 0 Å². The molecule has 2 N–H and O–H groups in total. The molecule has 3 rings (SSSR count). The highest BCUT2D eigenvalue weighted by atomic mass is 16.5. The molecule has 1 unspecified atom stereocenters. The lowest BCUT2D eigenvalue weighted by molar-refractivity contribution is -0.148. The third-order valence-electron chi connectivity index (χ3n) is 6.06. The van der Waals surface area contributed by atoms with Gasteiger partial charge in [0.25, 0.3) is 0 Å². The molecule has 0 aromatic heterocycles. The highest BCUT2D eigenvalue weighted by molar-refractivity contribution is 5.84. The standard InChI is InChI=1S/C25H30N2O5/c1-4-9-17(14-23(28)27(3)16(2)24(29)30)26-25(31)32-15-22-20-12-7-5-10-18(20)19-11-6-8-13-21(19)22/h5-8,10-13,16-17,22H,4,9,14-15H2,1-3H3,(H,26,31)(H,29,30)/t16-,17?/m0/s1. The number of rotatable bonds is 9. The third-order valence-corrected chi connectivity index (χ3v) is 6.06. The van der Waals surface area contributed by atoms with E-state index in [-0.39, 0.29) is 24.9 Å². The molecule has 1 aliphatic carbocycles. The molecule has 0 heterocycles. The molecule has 2 amide bonds. The maximum absolute atomic E-state index is 12.6. The van der Waals surface area contributed by atoms with Crippen molar-refractivity contribution >= 4 is 18.0 Å². The Morgan fingerprint density at radius 2 is 1.62 bits per heavy atom. The molecule has 2 aromatic rings. The van der Waals surface area contributed by atoms with E-state index in [9.17, 15) is 14.4 Å². The quantitative estimate of drug-likeness (QED) is 0.617. The van der Waals surface area contributed by atoms with E-state index in [1.54, 1.807) is 0 Å². The molecule has 2 atom stereocenters. The summed E-state index contributed by atoms with van der Waals surface area (Å²) in [6.07, 6.45) is 0.795. The van der Waals surface area contributed by atoms with Crippen molar-refractivity contribution in [2.45, 2.75) is 51.1 Å². The molecule has 0 saturated carbocycles. The van der Waals surface area contributed by atoms with Gasteiger partial charge in [-0.25, -0.2) is 9.59 Å². The zero-order chi connectivity index (χ0) is 23.3. The molecule has 32 heavy (non-hydrogen) atoms. The first-order valence-electron chi connectivity index (χ1n) is 10.9. The Morgan fingerprint density at radius 1 is 1.06 bits per heavy atom. The van der Waals surface area contributed by atoms with Crippen LogP contribution in [0.5, 0.6) is 0 Å². The normalized spacial score (nSPS) is 14.1. The number of hydrogen-bond acceptors (Lipinski definition) is 4. The van der Waals surface area contributed by atoms with Crippen molar-refractivity contribution in [3.8, 4) is 11.1 Å². The van der Waals surface area contributed by atoms with Crippen molar-refractivity contribution in [2.24, 2.45) is 0 Å². The van der Waals surface area contributed by atoms with Crippen molar-refractivity contribution in [1.82, 2.24) is 10.2 Å². The van der Waals surface area contributed by atoms with Crippen LogP contribution in [0.15, 0.2) is 48.5 Å². The molecule has 0 bridgehead atoms. The van der Waals surface area contributed by atoms with Gasteiger partial charge in [0.2, 0.25) is 5.91 Å². The molecule has 0 saturated heterocycles. The molecule has 7 heteroatoms. The second kappa shape index (κ2) is 10.3. The van der Waals surface area contributed by atoms with E-state index in [0.717, 1.165) is 28.7 Å². The summed E-state index contributed by atoms with van der Waals surface area (Å²) >= 11 is 0. The average molecular weight is 439 g/mol. The Balaban J connectivity index is 1.62. The first-order chi connectivity index (χ1) is 15.3. The number of aliphatic carboxylic acids is 1. The summed E-state index contributed by atoms with van der Waals surface area (Å²) in [5.74, 6) is -1.45. The minimum atomic E-state index is -1.07. The first kappa shape index (κ1) is 23.3. The van der Waals surface area contributed by atoms with Gasteiger partial charge >= 0.3 is 12.1 Å². The number of carbonyl (C=O) groups excluding carboxylic acids is 2. The van der Waals surface area contributed by atoms with Crippen LogP contribution < -0.4 is 5.32 Å². The first-order valence-corrected chi connectivity index (χ1v) is 10.9. The number of carbonyl (C=O) groups is 3. The Hall–Kier alpha value is -3.35. The van der Waals surface area contributed by atoms with Crippen LogP contribution in [0, 0.1) is 0 Å². The van der Waals surface area contributed by atoms with Gasteiger partial charge in [-0.05, 0) is 35.6 Å². The van der Waals surface area contributed by atoms with Gasteiger partial charge in [0, 0.05) is 25.4 Å². The van der Waals surface area contributed by atoms with E-state index in [1.165, 1.54) is 18.9 Å². The summed E-state index contributed by atoms with van der Waals surface area (Å²) in [7, 11) is 1.46. The topological polar surface area (TPSA) is 95.9 Å². The molecule has 2 aromatic carbocycles. The number of hydrogen-bond donors (Lipinski definition) is 2. The van der Waals surface area contributed by atoms with Crippen molar-refractivity contribution < 1.29 is 24.2 Å². The smallest absolute Gasteiger partial charge is 0.407 e. The molecule has 170 valence electrons. The van der Waals surface area contributed by atoms with Crippen LogP contribution in [-0.4, -0.2) is 53.7 Å². The zero-order valence-corrected chi connectivity index (χ0v) is 18.7. The summed E-state index contributed by atoms with van der Waals surface area (Å²) < 4.78 is 5.58. The lowest BCUT2D eigenvalue weighted by atomic mass is 9.98. The predicted octanol–water partition coefficient (Wildman–Crippen LogP) is 4.02. The van der Waals surface area contributed by atoms with Gasteiger partial charge < -0.3 is 20.1 Å². The van der Waals surface area contributed by atoms with E-state index in [4.69, 9.17) is 9.84 Å². The summed E-state index contributed by atoms with van der Waals surface area (Å²) in [6.45, 7) is 3.61. The highest BCUT2D eigenvalue weighted by Crippen LogP contribution is 2.44. The van der Waals surface area contributed by atoms with Crippen molar-refractivity contribution in [1.29, 1.82) is 0 Å². The fraction of sp³-hybridized carbons (Fsp3) is 0.400. The van der Waals surface area contributed by atoms with Gasteiger partial charge in [-0.2, -0.15) is 0 Å². The van der Waals surface area contributed by atoms with Gasteiger partial charge in [-0.3, -0.25) is 4.79 Å². The fourth-order valence-electron chi connectivity index (χ4n) is 4.12. The SMILES string of the molecule is CCCC(CC(=O)N(C)[C@@H](C)C(=O)O)NC(=O)OCC1c2ccccc2-c2ccccc21. The number of likely N-dealkylation sites (N-methyl/N-ethyl adjacent to an activating group) is 1. The zero-order valence-electron chi connectivity index (χ0n) is 18.7. The summed E-state index contributed by atoms with van der Waals surface area (Å²) in [5.41, 5.74) is 4.57. The fourth-order valence-corrected chi connectivity index (χ4v) is 4.12. The molecular weight excluding hydrogens is 408 g/mol. The molecule has 0 fully saturated rings. The summed E-state index contributed by atoms with van der Waals surface area (Å²) in [6, 6.07) is 14.9. The van der Waals surface area contributed by atoms with Crippen molar-refractivity contribution in [3.05, 3.63) is 59.7 Å². The van der Waals surface area contributed by atoms with Gasteiger partial charge in [0.05, 0.1) is 0 Å². The number of nitrogens with zero attached hydrogens (tertiary/aromatic N) is 1. The maximum atomic E-state index is 12.6. The molecule has 7 nitrogen and oxygen atoms in total. The average Bonchev–Trinajstić information content (AvgIpc) is 3.10. The Labute approximate surface area is 188 Å². The number of ether oxygens (including phenoxy) is 1. The molecule has 0 radical (unpaired) electrons. The number of amides is 2. The third kappa shape index (κ3) is 5.10. The van der Waals surface area contributed by atoms with E-state index >= 15 is 0 Å². The minimum Gasteiger partial charge on any atom is -0.480 e. The Bertz CT molecular complexity index is 944. The van der Waals surface area contributed by atoms with Gasteiger partial charge in [0.15, 0.2) is 0 Å².